The molecule has 2 N–H and O–H groups in total. The predicted octanol–water partition coefficient (Wildman–Crippen LogP) is 8.53. The molecule has 0 radical (unpaired) electrons. The molecule has 0 saturated carbocycles. The minimum atomic E-state index is 0. The second-order valence-electron chi connectivity index (χ2n) is 8.22. The number of methoxy groups -OCH3 is 2. The molecule has 2 aliphatic rings. The number of aromatic hydroxyl groups is 2. The largest absolute Gasteiger partial charge is 2.00 e. The Morgan fingerprint density at radius 3 is 1.24 bits per heavy atom. The van der Waals surface area contributed by atoms with Gasteiger partial charge in [0.25, 0.3) is 0 Å². The SMILES string of the molecule is CCCCC1=[C-]CC=C1.CCCCC1=[C-]CC=C1.COc1ccc(O)cc1.COc1ccc(O)cc1.[Zr+2]. The van der Waals surface area contributed by atoms with Crippen molar-refractivity contribution in [3.63, 3.8) is 0 Å². The zero-order valence-corrected chi connectivity index (χ0v) is 25.3. The number of ether oxygens (including phenoxy) is 2. The number of phenols is 2. The van der Waals surface area contributed by atoms with Gasteiger partial charge in [-0.15, -0.1) is 12.8 Å². The van der Waals surface area contributed by atoms with E-state index in [0.29, 0.717) is 0 Å². The van der Waals surface area contributed by atoms with Crippen molar-refractivity contribution >= 4 is 0 Å². The molecule has 0 atom stereocenters. The van der Waals surface area contributed by atoms with Crippen molar-refractivity contribution in [3.8, 4) is 23.0 Å². The van der Waals surface area contributed by atoms with Crippen molar-refractivity contribution in [2.45, 2.75) is 65.2 Å². The zero-order chi connectivity index (χ0) is 26.4. The first-order chi connectivity index (χ1) is 17.5. The summed E-state index contributed by atoms with van der Waals surface area (Å²) in [6, 6.07) is 13.1. The monoisotopic (exact) mass is 580 g/mol. The molecule has 0 bridgehead atoms. The summed E-state index contributed by atoms with van der Waals surface area (Å²) in [5, 5.41) is 17.6. The third-order valence-corrected chi connectivity index (χ3v) is 5.28. The van der Waals surface area contributed by atoms with E-state index in [-0.39, 0.29) is 37.7 Å². The molecule has 0 spiro atoms. The topological polar surface area (TPSA) is 58.9 Å². The van der Waals surface area contributed by atoms with Gasteiger partial charge in [0.15, 0.2) is 0 Å². The minimum Gasteiger partial charge on any atom is -0.508 e. The van der Waals surface area contributed by atoms with Crippen LogP contribution in [0.25, 0.3) is 0 Å². The Labute approximate surface area is 243 Å². The van der Waals surface area contributed by atoms with E-state index in [9.17, 15) is 0 Å². The Morgan fingerprint density at radius 2 is 1.00 bits per heavy atom. The summed E-state index contributed by atoms with van der Waals surface area (Å²) in [5.74, 6) is 2.03. The first-order valence-corrected chi connectivity index (χ1v) is 12.7. The van der Waals surface area contributed by atoms with Crippen LogP contribution in [0.4, 0.5) is 0 Å². The van der Waals surface area contributed by atoms with Gasteiger partial charge in [-0.05, 0) is 48.5 Å². The molecule has 0 heterocycles. The van der Waals surface area contributed by atoms with E-state index in [2.05, 4.69) is 50.3 Å². The molecule has 4 rings (SSSR count). The van der Waals surface area contributed by atoms with Crippen LogP contribution < -0.4 is 9.47 Å². The molecule has 5 heteroatoms. The van der Waals surface area contributed by atoms with Crippen LogP contribution in [0.1, 0.15) is 65.2 Å². The molecule has 0 saturated heterocycles. The summed E-state index contributed by atoms with van der Waals surface area (Å²) >= 11 is 0. The Kier molecular flexibility index (Phi) is 21.1. The number of benzene rings is 2. The zero-order valence-electron chi connectivity index (χ0n) is 22.8. The number of rotatable bonds is 8. The van der Waals surface area contributed by atoms with E-state index in [4.69, 9.17) is 19.7 Å². The van der Waals surface area contributed by atoms with Gasteiger partial charge in [-0.2, -0.15) is 12.2 Å². The van der Waals surface area contributed by atoms with Gasteiger partial charge in [0.05, 0.1) is 14.2 Å². The van der Waals surface area contributed by atoms with Crippen LogP contribution in [0.2, 0.25) is 0 Å². The van der Waals surface area contributed by atoms with Gasteiger partial charge in [0, 0.05) is 0 Å². The second-order valence-corrected chi connectivity index (χ2v) is 8.22. The summed E-state index contributed by atoms with van der Waals surface area (Å²) in [7, 11) is 3.18. The van der Waals surface area contributed by atoms with Gasteiger partial charge in [0.2, 0.25) is 0 Å². The average molecular weight is 582 g/mol. The normalized spacial score (nSPS) is 12.3. The van der Waals surface area contributed by atoms with Crippen LogP contribution in [0, 0.1) is 12.2 Å². The second kappa shape index (κ2) is 22.7. The molecule has 0 aliphatic heterocycles. The molecule has 0 amide bonds. The summed E-state index contributed by atoms with van der Waals surface area (Å²) in [5.41, 5.74) is 2.83. The summed E-state index contributed by atoms with van der Waals surface area (Å²) in [4.78, 5) is 0. The fourth-order valence-electron chi connectivity index (χ4n) is 3.14. The number of hydrogen-bond acceptors (Lipinski definition) is 4. The van der Waals surface area contributed by atoms with Crippen molar-refractivity contribution in [1.29, 1.82) is 0 Å². The van der Waals surface area contributed by atoms with E-state index in [1.54, 1.807) is 62.8 Å². The maximum atomic E-state index is 8.80. The van der Waals surface area contributed by atoms with Crippen LogP contribution in [-0.4, -0.2) is 24.4 Å². The Hall–Kier alpha value is -2.52. The van der Waals surface area contributed by atoms with Crippen LogP contribution in [0.5, 0.6) is 23.0 Å². The maximum Gasteiger partial charge on any atom is 2.00 e. The molecule has 4 nitrogen and oxygen atoms in total. The Morgan fingerprint density at radius 1 is 0.649 bits per heavy atom. The van der Waals surface area contributed by atoms with E-state index in [1.807, 2.05) is 0 Å². The Bertz CT molecular complexity index is 862. The molecule has 37 heavy (non-hydrogen) atoms. The molecular weight excluding hydrogens is 540 g/mol. The fourth-order valence-corrected chi connectivity index (χ4v) is 3.14. The predicted molar refractivity (Wildman–Crippen MR) is 149 cm³/mol. The van der Waals surface area contributed by atoms with Gasteiger partial charge in [0.1, 0.15) is 23.0 Å². The standard InChI is InChI=1S/2C9H13.2C7H8O2.Zr/c2*1-2-3-6-9-7-4-5-8-9;2*1-9-7-4-2-6(8)3-5-7;/h2*4,7H,2-3,5-6H2,1H3;2*2-5,8H,1H3;/q2*-1;;;+2. The molecule has 198 valence electrons. The van der Waals surface area contributed by atoms with E-state index in [1.165, 1.54) is 49.7 Å². The van der Waals surface area contributed by atoms with Gasteiger partial charge < -0.3 is 19.7 Å². The molecule has 0 unspecified atom stereocenters. The quantitative estimate of drug-likeness (QED) is 0.307. The molecule has 0 aromatic heterocycles. The van der Waals surface area contributed by atoms with Crippen LogP contribution in [0.3, 0.4) is 0 Å². The summed E-state index contributed by atoms with van der Waals surface area (Å²) < 4.78 is 9.72. The molecular formula is C32H42O4Zr. The summed E-state index contributed by atoms with van der Waals surface area (Å²) in [6.45, 7) is 4.44. The number of unbranched alkanes of at least 4 members (excludes halogenated alkanes) is 2. The van der Waals surface area contributed by atoms with E-state index >= 15 is 0 Å². The van der Waals surface area contributed by atoms with Crippen molar-refractivity contribution in [2.75, 3.05) is 14.2 Å². The van der Waals surface area contributed by atoms with E-state index in [0.717, 1.165) is 24.3 Å². The number of phenolic OH excluding ortho intramolecular Hbond substituents is 2. The Balaban J connectivity index is 0.000000463. The van der Waals surface area contributed by atoms with Gasteiger partial charge >= 0.3 is 26.2 Å². The van der Waals surface area contributed by atoms with Gasteiger partial charge in [-0.3, -0.25) is 12.2 Å². The first-order valence-electron chi connectivity index (χ1n) is 12.7. The maximum absolute atomic E-state index is 8.80. The number of allylic oxidation sites excluding steroid dienone is 8. The van der Waals surface area contributed by atoms with Crippen LogP contribution in [0.15, 0.2) is 84.0 Å². The van der Waals surface area contributed by atoms with Crippen molar-refractivity contribution in [3.05, 3.63) is 96.1 Å². The third-order valence-electron chi connectivity index (χ3n) is 5.28. The fraction of sp³-hybridized carbons (Fsp3) is 0.375. The third kappa shape index (κ3) is 17.6. The van der Waals surface area contributed by atoms with Crippen LogP contribution in [-0.2, 0) is 26.2 Å². The van der Waals surface area contributed by atoms with Crippen molar-refractivity contribution in [2.24, 2.45) is 0 Å². The van der Waals surface area contributed by atoms with Crippen LogP contribution >= 0.6 is 0 Å². The molecule has 2 aromatic carbocycles. The minimum absolute atomic E-state index is 0. The summed E-state index contributed by atoms with van der Waals surface area (Å²) in [6.07, 6.45) is 25.1. The van der Waals surface area contributed by atoms with Gasteiger partial charge in [-0.25, -0.2) is 23.3 Å². The average Bonchev–Trinajstić information content (AvgIpc) is 3.63. The molecule has 2 aromatic rings. The smallest absolute Gasteiger partial charge is 0.508 e. The number of hydrogen-bond donors (Lipinski definition) is 2. The first kappa shape index (κ1) is 34.5. The van der Waals surface area contributed by atoms with Gasteiger partial charge in [-0.1, -0.05) is 52.4 Å². The van der Waals surface area contributed by atoms with Crippen molar-refractivity contribution in [1.82, 2.24) is 0 Å². The van der Waals surface area contributed by atoms with Crippen molar-refractivity contribution < 1.29 is 45.9 Å². The molecule has 2 aliphatic carbocycles. The van der Waals surface area contributed by atoms with E-state index < -0.39 is 0 Å². The molecule has 0 fully saturated rings.